The molecule has 0 aromatic heterocycles. The van der Waals surface area contributed by atoms with Crippen molar-refractivity contribution in [2.75, 3.05) is 134 Å². The van der Waals surface area contributed by atoms with E-state index in [4.69, 9.17) is 0 Å². The maximum atomic E-state index is 2.48. The molecule has 0 saturated carbocycles. The molecule has 4 aliphatic heterocycles. The quantitative estimate of drug-likeness (QED) is 0.246. The second-order valence-electron chi connectivity index (χ2n) is 11.2. The molecule has 31 heavy (non-hydrogen) atoms. The van der Waals surface area contributed by atoms with E-state index < -0.39 is 0 Å². The summed E-state index contributed by atoms with van der Waals surface area (Å²) in [6, 6.07) is 0. The van der Waals surface area contributed by atoms with Gasteiger partial charge in [0.15, 0.2) is 0 Å². The van der Waals surface area contributed by atoms with Crippen molar-refractivity contribution in [1.29, 1.82) is 0 Å². The van der Waals surface area contributed by atoms with Gasteiger partial charge in [0.2, 0.25) is 13.3 Å². The molecule has 4 saturated heterocycles. The second-order valence-corrected chi connectivity index (χ2v) is 11.2. The van der Waals surface area contributed by atoms with E-state index in [2.05, 4.69) is 52.1 Å². The van der Waals surface area contributed by atoms with Crippen LogP contribution in [0.4, 0.5) is 0 Å². The largest absolute Gasteiger partial charge is 0.412 e. The van der Waals surface area contributed by atoms with E-state index in [0.717, 1.165) is 0 Å². The van der Waals surface area contributed by atoms with Crippen molar-refractivity contribution in [2.24, 2.45) is 0 Å². The third-order valence-corrected chi connectivity index (χ3v) is 7.81. The SMILES string of the molecule is CN1CC[N+]2(C)CC[N+](C)(CC1)C2.CN1CC[N+]2(C)CC[N+](C)(CC1)C2.O.O.O.[Mn].[Mn]. The molecule has 0 spiro atoms. The summed E-state index contributed by atoms with van der Waals surface area (Å²) in [5, 5.41) is 0. The molecule has 4 heterocycles. The molecular formula is C20H52Mn2N6O3+4. The Bertz CT molecular complexity index is 441. The summed E-state index contributed by atoms with van der Waals surface area (Å²) >= 11 is 0. The van der Waals surface area contributed by atoms with Crippen LogP contribution in [-0.2, 0) is 34.1 Å². The number of nitrogens with zero attached hydrogens (tertiary/aromatic N) is 6. The fourth-order valence-electron chi connectivity index (χ4n) is 5.50. The van der Waals surface area contributed by atoms with Gasteiger partial charge in [-0.05, 0) is 14.1 Å². The zero-order valence-electron chi connectivity index (χ0n) is 20.8. The number of hydrogen-bond donors (Lipinski definition) is 0. The summed E-state index contributed by atoms with van der Waals surface area (Å²) < 4.78 is 5.17. The topological polar surface area (TPSA) is 101 Å². The van der Waals surface area contributed by atoms with E-state index >= 15 is 0 Å². The van der Waals surface area contributed by atoms with Crippen molar-refractivity contribution >= 4 is 0 Å². The van der Waals surface area contributed by atoms with Crippen LogP contribution in [0.5, 0.6) is 0 Å². The van der Waals surface area contributed by atoms with Gasteiger partial charge in [-0.25, -0.2) is 0 Å². The van der Waals surface area contributed by atoms with Gasteiger partial charge >= 0.3 is 0 Å². The van der Waals surface area contributed by atoms with Crippen LogP contribution in [0.3, 0.4) is 0 Å². The summed E-state index contributed by atoms with van der Waals surface area (Å²) in [4.78, 5) is 4.97. The molecule has 4 aliphatic rings. The van der Waals surface area contributed by atoms with Crippen LogP contribution < -0.4 is 0 Å². The number of rotatable bonds is 0. The first-order chi connectivity index (χ1) is 12.0. The third kappa shape index (κ3) is 9.82. The minimum Gasteiger partial charge on any atom is -0.412 e. The van der Waals surface area contributed by atoms with Crippen molar-refractivity contribution in [3.8, 4) is 0 Å². The van der Waals surface area contributed by atoms with E-state index in [1.165, 1.54) is 110 Å². The Morgan fingerprint density at radius 1 is 0.419 bits per heavy atom. The summed E-state index contributed by atoms with van der Waals surface area (Å²) in [5.74, 6) is 0. The molecule has 0 aliphatic carbocycles. The van der Waals surface area contributed by atoms with Gasteiger partial charge in [0.25, 0.3) is 0 Å². The Kier molecular flexibility index (Phi) is 15.8. The van der Waals surface area contributed by atoms with Gasteiger partial charge in [0, 0.05) is 60.3 Å². The molecule has 9 nitrogen and oxygen atoms in total. The van der Waals surface area contributed by atoms with E-state index in [-0.39, 0.29) is 50.6 Å². The van der Waals surface area contributed by atoms with Crippen LogP contribution in [0.25, 0.3) is 0 Å². The predicted octanol–water partition coefficient (Wildman–Crippen LogP) is -2.89. The predicted molar refractivity (Wildman–Crippen MR) is 119 cm³/mol. The average molecular weight is 535 g/mol. The summed E-state index contributed by atoms with van der Waals surface area (Å²) in [6.45, 7) is 18.7. The van der Waals surface area contributed by atoms with Crippen LogP contribution in [0.2, 0.25) is 0 Å². The number of hydrogen-bond acceptors (Lipinski definition) is 2. The Balaban J connectivity index is -0.000000436. The standard InChI is InChI=1S/2C10H23N3.2Mn.3H2O/c2*1-11-4-6-12(2)8-9-13(3,10-12)7-5-11;;;;;/h2*4-10H2,1-3H3;;;3*1H2/q2*+2;;;;;. The number of likely N-dealkylation sites (N-methyl/N-ethyl adjacent to an activating group) is 6. The fourth-order valence-corrected chi connectivity index (χ4v) is 5.50. The van der Waals surface area contributed by atoms with Gasteiger partial charge in [-0.3, -0.25) is 27.7 Å². The Morgan fingerprint density at radius 3 is 0.806 bits per heavy atom. The van der Waals surface area contributed by atoms with Gasteiger partial charge in [0.1, 0.15) is 26.2 Å². The molecule has 4 rings (SSSR count). The van der Waals surface area contributed by atoms with Crippen LogP contribution in [-0.4, -0.2) is 178 Å². The first kappa shape index (κ1) is 36.3. The summed E-state index contributed by atoms with van der Waals surface area (Å²) in [7, 11) is 14.2. The normalized spacial score (nSPS) is 39.7. The summed E-state index contributed by atoms with van der Waals surface area (Å²) in [5.41, 5.74) is 0. The van der Waals surface area contributed by atoms with Gasteiger partial charge in [0.05, 0.1) is 54.4 Å². The summed E-state index contributed by atoms with van der Waals surface area (Å²) in [6.07, 6.45) is 0. The third-order valence-electron chi connectivity index (χ3n) is 7.81. The maximum absolute atomic E-state index is 2.48. The van der Waals surface area contributed by atoms with E-state index in [1.54, 1.807) is 0 Å². The molecular weight excluding hydrogens is 482 g/mol. The molecule has 4 fully saturated rings. The van der Waals surface area contributed by atoms with Crippen molar-refractivity contribution in [3.05, 3.63) is 0 Å². The average Bonchev–Trinajstić information content (AvgIpc) is 3.07. The molecule has 0 aromatic rings. The van der Waals surface area contributed by atoms with E-state index in [1.807, 2.05) is 0 Å². The van der Waals surface area contributed by atoms with Crippen LogP contribution >= 0.6 is 0 Å². The van der Waals surface area contributed by atoms with Gasteiger partial charge in [-0.15, -0.1) is 0 Å². The van der Waals surface area contributed by atoms with Crippen molar-refractivity contribution < 1.29 is 68.5 Å². The maximum Gasteiger partial charge on any atom is 0.207 e. The zero-order valence-corrected chi connectivity index (χ0v) is 23.2. The molecule has 4 bridgehead atoms. The van der Waals surface area contributed by atoms with Crippen molar-refractivity contribution in [3.63, 3.8) is 0 Å². The zero-order chi connectivity index (χ0) is 19.1. The molecule has 190 valence electrons. The molecule has 11 heteroatoms. The second kappa shape index (κ2) is 13.5. The van der Waals surface area contributed by atoms with Crippen molar-refractivity contribution in [1.82, 2.24) is 9.80 Å². The molecule has 4 atom stereocenters. The van der Waals surface area contributed by atoms with E-state index in [0.29, 0.717) is 0 Å². The number of quaternary nitrogens is 4. The Morgan fingerprint density at radius 2 is 0.613 bits per heavy atom. The smallest absolute Gasteiger partial charge is 0.207 e. The van der Waals surface area contributed by atoms with E-state index in [9.17, 15) is 0 Å². The monoisotopic (exact) mass is 534 g/mol. The number of fused-ring (bicyclic) bond motifs is 4. The van der Waals surface area contributed by atoms with Crippen LogP contribution in [0.15, 0.2) is 0 Å². The van der Waals surface area contributed by atoms with Gasteiger partial charge in [-0.2, -0.15) is 0 Å². The molecule has 4 unspecified atom stereocenters. The van der Waals surface area contributed by atoms with Gasteiger partial charge < -0.3 is 16.4 Å². The van der Waals surface area contributed by atoms with Crippen LogP contribution in [0, 0.1) is 0 Å². The minimum absolute atomic E-state index is 0. The van der Waals surface area contributed by atoms with Crippen molar-refractivity contribution in [2.45, 2.75) is 0 Å². The Labute approximate surface area is 212 Å². The van der Waals surface area contributed by atoms with Crippen LogP contribution in [0.1, 0.15) is 0 Å². The Hall–Kier alpha value is 0.679. The fraction of sp³-hybridized carbons (Fsp3) is 1.00. The molecule has 0 amide bonds. The molecule has 6 N–H and O–H groups in total. The minimum atomic E-state index is 0. The first-order valence-electron chi connectivity index (χ1n) is 10.7. The first-order valence-corrected chi connectivity index (χ1v) is 10.7. The molecule has 0 aromatic carbocycles. The molecule has 2 radical (unpaired) electrons. The van der Waals surface area contributed by atoms with Gasteiger partial charge in [-0.1, -0.05) is 0 Å².